The Kier molecular flexibility index (Phi) is 7.39. The number of hydrogen-bond donors (Lipinski definition) is 0. The molecule has 0 aliphatic heterocycles. The van der Waals surface area contributed by atoms with Crippen LogP contribution in [0.3, 0.4) is 0 Å². The van der Waals surface area contributed by atoms with Crippen LogP contribution in [0, 0.1) is 0 Å². The van der Waals surface area contributed by atoms with Crippen molar-refractivity contribution in [1.82, 2.24) is 0 Å². The molecule has 0 amide bonds. The Morgan fingerprint density at radius 2 is 1.13 bits per heavy atom. The molecule has 0 fully saturated rings. The molecule has 0 N–H and O–H groups in total. The first kappa shape index (κ1) is 26.3. The number of rotatable bonds is 6. The quantitative estimate of drug-likeness (QED) is 0.211. The van der Waals surface area contributed by atoms with Crippen LogP contribution >= 0.6 is 0 Å². The third-order valence-electron chi connectivity index (χ3n) is 9.07. The zero-order valence-corrected chi connectivity index (χ0v) is 26.4. The standard InChI is InChI=1S/C17H17.C13H10.C8H11.Zr/c1-3-12-5-7-16-14(9-12)11-15-10-13(4-2)6-8-17(15)16;1-3-7-12(8-4-1)11-13-9-5-2-6-10-13;1-6-4-5-7(2)8(6)3;/h5-11H,3-4H2,1-2H3;1-10H;4H2,1-3H3;. The van der Waals surface area contributed by atoms with E-state index in [1.165, 1.54) is 39.0 Å². The molecule has 0 spiro atoms. The van der Waals surface area contributed by atoms with Crippen molar-refractivity contribution < 1.29 is 21.3 Å². The molecule has 0 atom stereocenters. The van der Waals surface area contributed by atoms with Gasteiger partial charge >= 0.3 is 244 Å². The summed E-state index contributed by atoms with van der Waals surface area (Å²) in [4.78, 5) is 0. The van der Waals surface area contributed by atoms with E-state index in [9.17, 15) is 0 Å². The first-order chi connectivity index (χ1) is 19.0. The molecule has 0 saturated carbocycles. The van der Waals surface area contributed by atoms with Crippen molar-refractivity contribution in [2.75, 3.05) is 0 Å². The fourth-order valence-electron chi connectivity index (χ4n) is 6.64. The number of allylic oxidation sites excluding steroid dienone is 4. The molecule has 0 aromatic heterocycles. The Morgan fingerprint density at radius 1 is 0.641 bits per heavy atom. The molecule has 0 nitrogen and oxygen atoms in total. The van der Waals surface area contributed by atoms with Crippen LogP contribution in [-0.4, -0.2) is 3.21 Å². The molecule has 6 rings (SSSR count). The monoisotopic (exact) mass is 584 g/mol. The molecular formula is C38H38Zr. The van der Waals surface area contributed by atoms with Crippen molar-refractivity contribution in [1.29, 1.82) is 0 Å². The first-order valence-corrected chi connectivity index (χ1v) is 18.4. The Labute approximate surface area is 242 Å². The Morgan fingerprint density at radius 3 is 1.54 bits per heavy atom. The van der Waals surface area contributed by atoms with Crippen LogP contribution in [0.1, 0.15) is 78.0 Å². The summed E-state index contributed by atoms with van der Waals surface area (Å²) < 4.78 is 3.89. The summed E-state index contributed by atoms with van der Waals surface area (Å²) in [6.07, 6.45) is 3.28. The maximum absolute atomic E-state index is 2.68. The zero-order chi connectivity index (χ0) is 27.1. The number of fused-ring (bicyclic) bond motifs is 3. The van der Waals surface area contributed by atoms with Crippen molar-refractivity contribution in [3.8, 4) is 11.1 Å². The van der Waals surface area contributed by atoms with Gasteiger partial charge in [-0.05, 0) is 0 Å². The summed E-state index contributed by atoms with van der Waals surface area (Å²) in [7, 11) is 0. The van der Waals surface area contributed by atoms with Gasteiger partial charge in [0.15, 0.2) is 0 Å². The summed E-state index contributed by atoms with van der Waals surface area (Å²) in [5.74, 6) is 0. The molecule has 0 radical (unpaired) electrons. The van der Waals surface area contributed by atoms with Crippen molar-refractivity contribution >= 4 is 3.21 Å². The van der Waals surface area contributed by atoms with Gasteiger partial charge in [-0.25, -0.2) is 0 Å². The summed E-state index contributed by atoms with van der Waals surface area (Å²) in [6, 6.07) is 37.4. The van der Waals surface area contributed by atoms with Crippen LogP contribution in [0.15, 0.2) is 117 Å². The van der Waals surface area contributed by atoms with Gasteiger partial charge in [-0.1, -0.05) is 0 Å². The molecule has 0 heterocycles. The van der Waals surface area contributed by atoms with E-state index < -0.39 is 21.3 Å². The second-order valence-corrected chi connectivity index (χ2v) is 17.4. The topological polar surface area (TPSA) is 0 Å². The summed E-state index contributed by atoms with van der Waals surface area (Å²) in [5, 5.41) is 0. The van der Waals surface area contributed by atoms with E-state index in [-0.39, 0.29) is 0 Å². The van der Waals surface area contributed by atoms with E-state index in [0.717, 1.165) is 19.3 Å². The minimum atomic E-state index is -2.68. The maximum atomic E-state index is 2.57. The molecule has 194 valence electrons. The van der Waals surface area contributed by atoms with Gasteiger partial charge < -0.3 is 0 Å². The van der Waals surface area contributed by atoms with E-state index in [1.54, 1.807) is 28.8 Å². The van der Waals surface area contributed by atoms with Gasteiger partial charge in [0.2, 0.25) is 0 Å². The van der Waals surface area contributed by atoms with Gasteiger partial charge in [-0.3, -0.25) is 0 Å². The zero-order valence-electron chi connectivity index (χ0n) is 23.9. The van der Waals surface area contributed by atoms with Gasteiger partial charge in [-0.15, -0.1) is 0 Å². The van der Waals surface area contributed by atoms with Crippen molar-refractivity contribution in [3.63, 3.8) is 0 Å². The van der Waals surface area contributed by atoms with Crippen LogP contribution in [0.25, 0.3) is 11.1 Å². The van der Waals surface area contributed by atoms with E-state index in [2.05, 4.69) is 132 Å². The van der Waals surface area contributed by atoms with Gasteiger partial charge in [0.25, 0.3) is 0 Å². The molecular weight excluding hydrogens is 548 g/mol. The van der Waals surface area contributed by atoms with Gasteiger partial charge in [0.05, 0.1) is 0 Å². The van der Waals surface area contributed by atoms with Crippen LogP contribution in [-0.2, 0) is 34.1 Å². The molecule has 2 aliphatic rings. The van der Waals surface area contributed by atoms with E-state index in [0.29, 0.717) is 3.63 Å². The average Bonchev–Trinajstić information content (AvgIpc) is 3.44. The SMILES string of the molecule is CCc1ccc2c(c1)[CH]([Zr]([C]1=C(C)C(C)=C(C)C1)=[C](c1ccccc1)c1ccccc1)c1cc(CC)ccc1-2. The van der Waals surface area contributed by atoms with Crippen molar-refractivity contribution in [2.24, 2.45) is 0 Å². The number of hydrogen-bond acceptors (Lipinski definition) is 0. The third-order valence-corrected chi connectivity index (χ3v) is 17.7. The molecule has 0 saturated heterocycles. The summed E-state index contributed by atoms with van der Waals surface area (Å²) in [6.45, 7) is 11.7. The molecule has 39 heavy (non-hydrogen) atoms. The number of aryl methyl sites for hydroxylation is 2. The molecule has 4 aromatic carbocycles. The van der Waals surface area contributed by atoms with Gasteiger partial charge in [-0.2, -0.15) is 0 Å². The average molecular weight is 586 g/mol. The normalized spacial score (nSPS) is 14.6. The van der Waals surface area contributed by atoms with Crippen LogP contribution < -0.4 is 0 Å². The van der Waals surface area contributed by atoms with Crippen molar-refractivity contribution in [2.45, 2.75) is 57.5 Å². The van der Waals surface area contributed by atoms with E-state index in [4.69, 9.17) is 0 Å². The Balaban J connectivity index is 1.76. The van der Waals surface area contributed by atoms with E-state index in [1.807, 2.05) is 0 Å². The van der Waals surface area contributed by atoms with Gasteiger partial charge in [0.1, 0.15) is 0 Å². The molecule has 4 aromatic rings. The summed E-state index contributed by atoms with van der Waals surface area (Å²) in [5.41, 5.74) is 16.5. The predicted octanol–water partition coefficient (Wildman–Crippen LogP) is 9.78. The van der Waals surface area contributed by atoms with Crippen LogP contribution in [0.2, 0.25) is 0 Å². The predicted molar refractivity (Wildman–Crippen MR) is 164 cm³/mol. The Bertz CT molecular complexity index is 1550. The van der Waals surface area contributed by atoms with Crippen LogP contribution in [0.5, 0.6) is 0 Å². The fourth-order valence-corrected chi connectivity index (χ4v) is 16.6. The number of benzene rings is 4. The molecule has 0 bridgehead atoms. The Hall–Kier alpha value is -2.89. The van der Waals surface area contributed by atoms with E-state index >= 15 is 0 Å². The van der Waals surface area contributed by atoms with Crippen LogP contribution in [0.4, 0.5) is 0 Å². The minimum absolute atomic E-state index is 0.467. The molecule has 1 heteroatoms. The second-order valence-electron chi connectivity index (χ2n) is 11.2. The van der Waals surface area contributed by atoms with Crippen molar-refractivity contribution in [3.05, 3.63) is 150 Å². The molecule has 0 unspecified atom stereocenters. The first-order valence-electron chi connectivity index (χ1n) is 14.5. The summed E-state index contributed by atoms with van der Waals surface area (Å²) >= 11 is -2.68. The van der Waals surface area contributed by atoms with Gasteiger partial charge in [0, 0.05) is 0 Å². The second kappa shape index (κ2) is 10.9. The fraction of sp³-hybridized carbons (Fsp3) is 0.237. The molecule has 2 aliphatic carbocycles. The third kappa shape index (κ3) is 4.64.